The number of ether oxygens (including phenoxy) is 2. The monoisotopic (exact) mass is 497 g/mol. The number of methoxy groups -OCH3 is 1. The predicted molar refractivity (Wildman–Crippen MR) is 148 cm³/mol. The third-order valence-electron chi connectivity index (χ3n) is 7.56. The lowest BCUT2D eigenvalue weighted by Gasteiger charge is -2.38. The molecule has 1 fully saturated rings. The van der Waals surface area contributed by atoms with Crippen molar-refractivity contribution in [1.29, 1.82) is 5.41 Å². The van der Waals surface area contributed by atoms with Gasteiger partial charge in [-0.2, -0.15) is 0 Å². The molecule has 0 bridgehead atoms. The zero-order chi connectivity index (χ0) is 25.9. The topological polar surface area (TPSA) is 99.0 Å². The summed E-state index contributed by atoms with van der Waals surface area (Å²) in [7, 11) is 1.69. The van der Waals surface area contributed by atoms with E-state index in [-0.39, 0.29) is 6.10 Å². The predicted octanol–water partition coefficient (Wildman–Crippen LogP) is 6.35. The first kappa shape index (κ1) is 25.0. The molecule has 192 valence electrons. The van der Waals surface area contributed by atoms with Crippen LogP contribution in [0.2, 0.25) is 0 Å². The summed E-state index contributed by atoms with van der Waals surface area (Å²) in [6.07, 6.45) is 5.11. The first-order valence-electron chi connectivity index (χ1n) is 13.0. The van der Waals surface area contributed by atoms with Crippen LogP contribution >= 0.6 is 0 Å². The van der Waals surface area contributed by atoms with Gasteiger partial charge in [-0.05, 0) is 61.8 Å². The summed E-state index contributed by atoms with van der Waals surface area (Å²) < 4.78 is 13.9. The van der Waals surface area contributed by atoms with Crippen LogP contribution in [0.5, 0.6) is 5.75 Å². The van der Waals surface area contributed by atoms with Crippen molar-refractivity contribution in [3.8, 4) is 16.9 Å². The Morgan fingerprint density at radius 1 is 1.14 bits per heavy atom. The van der Waals surface area contributed by atoms with E-state index in [1.165, 1.54) is 0 Å². The molecule has 1 aliphatic rings. The summed E-state index contributed by atoms with van der Waals surface area (Å²) in [5.41, 5.74) is 12.3. The Bertz CT molecular complexity index is 1390. The molecule has 5 rings (SSSR count). The maximum absolute atomic E-state index is 8.43. The quantitative estimate of drug-likeness (QED) is 0.249. The second-order valence-corrected chi connectivity index (χ2v) is 9.94. The molecule has 0 saturated heterocycles. The molecule has 1 atom stereocenters. The highest BCUT2D eigenvalue weighted by molar-refractivity contribution is 6.02. The van der Waals surface area contributed by atoms with E-state index in [9.17, 15) is 0 Å². The van der Waals surface area contributed by atoms with E-state index in [1.807, 2.05) is 30.3 Å². The van der Waals surface area contributed by atoms with Gasteiger partial charge in [-0.25, -0.2) is 9.97 Å². The van der Waals surface area contributed by atoms with Gasteiger partial charge in [0.2, 0.25) is 0 Å². The van der Waals surface area contributed by atoms with E-state index >= 15 is 0 Å². The molecular formula is C30H35N5O2. The molecule has 0 aliphatic heterocycles. The van der Waals surface area contributed by atoms with Crippen molar-refractivity contribution < 1.29 is 9.47 Å². The zero-order valence-corrected chi connectivity index (χ0v) is 21.8. The van der Waals surface area contributed by atoms with Crippen molar-refractivity contribution in [2.45, 2.75) is 58.3 Å². The fourth-order valence-corrected chi connectivity index (χ4v) is 5.63. The Labute approximate surface area is 218 Å². The molecule has 0 amide bonds. The molecule has 7 nitrogen and oxygen atoms in total. The molecule has 0 radical (unpaired) electrons. The second kappa shape index (κ2) is 10.7. The molecule has 2 aromatic carbocycles. The number of anilines is 1. The van der Waals surface area contributed by atoms with Crippen LogP contribution in [0.4, 0.5) is 5.82 Å². The Kier molecular flexibility index (Phi) is 7.24. The number of hydrogen-bond acceptors (Lipinski definition) is 6. The maximum atomic E-state index is 8.43. The summed E-state index contributed by atoms with van der Waals surface area (Å²) in [6.45, 7) is 4.72. The maximum Gasteiger partial charge on any atom is 0.146 e. The molecular weight excluding hydrogens is 462 g/mol. The van der Waals surface area contributed by atoms with Crippen molar-refractivity contribution in [2.24, 2.45) is 5.92 Å². The second-order valence-electron chi connectivity index (χ2n) is 9.94. The van der Waals surface area contributed by atoms with Crippen LogP contribution in [0.25, 0.3) is 22.2 Å². The number of rotatable bonds is 10. The third-order valence-corrected chi connectivity index (χ3v) is 7.56. The fourth-order valence-electron chi connectivity index (χ4n) is 5.63. The van der Waals surface area contributed by atoms with Gasteiger partial charge in [-0.3, -0.25) is 0 Å². The number of nitrogens with two attached hydrogens (primary N) is 1. The average Bonchev–Trinajstić information content (AvgIpc) is 3.19. The van der Waals surface area contributed by atoms with Crippen molar-refractivity contribution in [1.82, 2.24) is 14.5 Å². The zero-order valence-electron chi connectivity index (χ0n) is 21.8. The summed E-state index contributed by atoms with van der Waals surface area (Å²) in [6, 6.07) is 18.6. The van der Waals surface area contributed by atoms with Crippen LogP contribution in [-0.2, 0) is 11.3 Å². The van der Waals surface area contributed by atoms with Crippen molar-refractivity contribution >= 4 is 22.6 Å². The van der Waals surface area contributed by atoms with Crippen LogP contribution in [0, 0.1) is 18.3 Å². The highest BCUT2D eigenvalue weighted by Crippen LogP contribution is 2.46. The highest BCUT2D eigenvalue weighted by atomic mass is 16.5. The lowest BCUT2D eigenvalue weighted by Crippen LogP contribution is -2.32. The number of hydrogen-bond donors (Lipinski definition) is 2. The van der Waals surface area contributed by atoms with Gasteiger partial charge in [0.15, 0.2) is 0 Å². The number of benzene rings is 2. The number of nitrogens with zero attached hydrogens (tertiary/aromatic N) is 3. The summed E-state index contributed by atoms with van der Waals surface area (Å²) in [5.74, 6) is 1.78. The molecule has 0 spiro atoms. The molecule has 2 aromatic heterocycles. The lowest BCUT2D eigenvalue weighted by molar-refractivity contribution is 0.143. The Balaban J connectivity index is 1.42. The van der Waals surface area contributed by atoms with Gasteiger partial charge < -0.3 is 25.2 Å². The van der Waals surface area contributed by atoms with Gasteiger partial charge >= 0.3 is 0 Å². The van der Waals surface area contributed by atoms with E-state index in [0.717, 1.165) is 64.9 Å². The SMILES string of the molecule is CC[C@@H](OC)C(=N)CC1CC(n2c(C)c(-c3cccc(OCc4ccccc4)c3)c3c(N)ncnc32)C1. The Hall–Kier alpha value is -3.71. The molecule has 2 heterocycles. The van der Waals surface area contributed by atoms with Crippen molar-refractivity contribution in [3.63, 3.8) is 0 Å². The van der Waals surface area contributed by atoms with E-state index in [0.29, 0.717) is 30.1 Å². The van der Waals surface area contributed by atoms with E-state index in [2.05, 4.69) is 52.6 Å². The van der Waals surface area contributed by atoms with Gasteiger partial charge in [0.25, 0.3) is 0 Å². The van der Waals surface area contributed by atoms with E-state index < -0.39 is 0 Å². The average molecular weight is 498 g/mol. The normalized spacial score (nSPS) is 17.9. The molecule has 1 aliphatic carbocycles. The van der Waals surface area contributed by atoms with Gasteiger partial charge in [-0.1, -0.05) is 49.4 Å². The minimum atomic E-state index is -0.0799. The standard InChI is InChI=1S/C30H35N5O2/c1-4-26(36-3)25(31)15-21-13-23(14-21)35-19(2)27(28-29(32)33-18-34-30(28)35)22-11-8-12-24(16-22)37-17-20-9-6-5-7-10-20/h5-12,16,18,21,23,26,31H,4,13-15,17H2,1-3H3,(H2,32,33,34)/t21?,23?,26-/m1/s1. The third kappa shape index (κ3) is 4.96. The first-order chi connectivity index (χ1) is 18.0. The summed E-state index contributed by atoms with van der Waals surface area (Å²) >= 11 is 0. The minimum absolute atomic E-state index is 0.0799. The Morgan fingerprint density at radius 2 is 1.92 bits per heavy atom. The molecule has 0 unspecified atom stereocenters. The van der Waals surface area contributed by atoms with Crippen LogP contribution < -0.4 is 10.5 Å². The lowest BCUT2D eigenvalue weighted by atomic mass is 9.76. The summed E-state index contributed by atoms with van der Waals surface area (Å²) in [4.78, 5) is 8.99. The van der Waals surface area contributed by atoms with E-state index in [4.69, 9.17) is 20.6 Å². The number of aromatic nitrogens is 3. The van der Waals surface area contributed by atoms with E-state index in [1.54, 1.807) is 13.4 Å². The number of fused-ring (bicyclic) bond motifs is 1. The van der Waals surface area contributed by atoms with Crippen LogP contribution in [0.3, 0.4) is 0 Å². The number of nitrogens with one attached hydrogen (secondary N) is 1. The summed E-state index contributed by atoms with van der Waals surface area (Å²) in [5, 5.41) is 9.32. The molecule has 37 heavy (non-hydrogen) atoms. The smallest absolute Gasteiger partial charge is 0.146 e. The first-order valence-corrected chi connectivity index (χ1v) is 13.0. The van der Waals surface area contributed by atoms with Gasteiger partial charge in [0, 0.05) is 30.1 Å². The molecule has 3 N–H and O–H groups in total. The minimum Gasteiger partial charge on any atom is -0.489 e. The van der Waals surface area contributed by atoms with Gasteiger partial charge in [-0.15, -0.1) is 0 Å². The molecule has 4 aromatic rings. The Morgan fingerprint density at radius 3 is 2.65 bits per heavy atom. The fraction of sp³-hybridized carbons (Fsp3) is 0.367. The van der Waals surface area contributed by atoms with Gasteiger partial charge in [0.05, 0.1) is 11.5 Å². The largest absolute Gasteiger partial charge is 0.489 e. The van der Waals surface area contributed by atoms with Crippen molar-refractivity contribution in [3.05, 3.63) is 72.2 Å². The van der Waals surface area contributed by atoms with Crippen molar-refractivity contribution in [2.75, 3.05) is 12.8 Å². The van der Waals surface area contributed by atoms with Crippen LogP contribution in [-0.4, -0.2) is 33.5 Å². The molecule has 7 heteroatoms. The van der Waals surface area contributed by atoms with Crippen LogP contribution in [0.15, 0.2) is 60.9 Å². The highest BCUT2D eigenvalue weighted by Gasteiger charge is 2.35. The van der Waals surface area contributed by atoms with Crippen LogP contribution in [0.1, 0.15) is 49.9 Å². The number of nitrogen functional groups attached to an aromatic ring is 1. The molecule has 1 saturated carbocycles. The van der Waals surface area contributed by atoms with Gasteiger partial charge in [0.1, 0.15) is 30.1 Å².